The number of amides is 2. The molecule has 3 aliphatic rings. The summed E-state index contributed by atoms with van der Waals surface area (Å²) in [5, 5.41) is 11.4. The molecule has 2 amide bonds. The zero-order chi connectivity index (χ0) is 17.2. The number of imide groups is 1. The van der Waals surface area contributed by atoms with Gasteiger partial charge < -0.3 is 19.3 Å². The molecule has 2 heterocycles. The standard InChI is InChI=1S/C14H19BrClNO6/c1-7-12(3,23-7)14(20)10(15)9(4-5-13(14)6-21-13)22-11(19)17(16)8(2)18/h7,9-10,20H,4-6H2,1-3H3/t7?,9-,10-,12?,13+,14+/m1/s1. The van der Waals surface area contributed by atoms with Gasteiger partial charge in [-0.05, 0) is 26.7 Å². The summed E-state index contributed by atoms with van der Waals surface area (Å²) in [5.41, 5.74) is -2.83. The monoisotopic (exact) mass is 411 g/mol. The first-order valence-corrected chi connectivity index (χ1v) is 8.70. The van der Waals surface area contributed by atoms with Crippen LogP contribution >= 0.6 is 27.7 Å². The Balaban J connectivity index is 1.81. The lowest BCUT2D eigenvalue weighted by Gasteiger charge is -2.48. The van der Waals surface area contributed by atoms with Crippen molar-refractivity contribution in [1.82, 2.24) is 4.42 Å². The number of ether oxygens (including phenoxy) is 3. The average Bonchev–Trinajstić information content (AvgIpc) is 3.38. The second-order valence-electron chi connectivity index (χ2n) is 6.58. The van der Waals surface area contributed by atoms with E-state index in [4.69, 9.17) is 26.0 Å². The fourth-order valence-corrected chi connectivity index (χ4v) is 4.85. The van der Waals surface area contributed by atoms with Crippen molar-refractivity contribution in [3.8, 4) is 0 Å². The Labute approximate surface area is 147 Å². The molecule has 2 saturated heterocycles. The van der Waals surface area contributed by atoms with E-state index in [1.807, 2.05) is 13.8 Å². The fraction of sp³-hybridized carbons (Fsp3) is 0.857. The Bertz CT molecular complexity index is 553. The molecule has 0 aromatic heterocycles. The van der Waals surface area contributed by atoms with Gasteiger partial charge in [0.25, 0.3) is 0 Å². The molecule has 2 unspecified atom stereocenters. The molecule has 6 atom stereocenters. The Morgan fingerprint density at radius 3 is 2.48 bits per heavy atom. The topological polar surface area (TPSA) is 91.9 Å². The summed E-state index contributed by atoms with van der Waals surface area (Å²) in [6.45, 7) is 5.29. The molecule has 1 N–H and O–H groups in total. The van der Waals surface area contributed by atoms with E-state index in [2.05, 4.69) is 15.9 Å². The molecule has 23 heavy (non-hydrogen) atoms. The van der Waals surface area contributed by atoms with Crippen molar-refractivity contribution in [2.24, 2.45) is 0 Å². The number of aliphatic hydroxyl groups is 1. The van der Waals surface area contributed by atoms with Crippen LogP contribution in [0.2, 0.25) is 0 Å². The number of epoxide rings is 2. The van der Waals surface area contributed by atoms with Crippen LogP contribution in [0.4, 0.5) is 4.79 Å². The fourth-order valence-electron chi connectivity index (χ4n) is 3.57. The van der Waals surface area contributed by atoms with Crippen LogP contribution < -0.4 is 0 Å². The normalized spacial score (nSPS) is 48.0. The highest BCUT2D eigenvalue weighted by atomic mass is 79.9. The van der Waals surface area contributed by atoms with E-state index < -0.39 is 39.7 Å². The van der Waals surface area contributed by atoms with E-state index in [1.165, 1.54) is 0 Å². The predicted octanol–water partition coefficient (Wildman–Crippen LogP) is 1.73. The number of carbonyl (C=O) groups is 2. The van der Waals surface area contributed by atoms with Gasteiger partial charge in [-0.25, -0.2) is 4.79 Å². The van der Waals surface area contributed by atoms with Gasteiger partial charge in [-0.1, -0.05) is 15.9 Å². The molecule has 1 saturated carbocycles. The van der Waals surface area contributed by atoms with Gasteiger partial charge in [-0.3, -0.25) is 4.79 Å². The predicted molar refractivity (Wildman–Crippen MR) is 83.2 cm³/mol. The van der Waals surface area contributed by atoms with Crippen molar-refractivity contribution < 1.29 is 28.9 Å². The van der Waals surface area contributed by atoms with Gasteiger partial charge in [0.1, 0.15) is 22.9 Å². The van der Waals surface area contributed by atoms with E-state index >= 15 is 0 Å². The van der Waals surface area contributed by atoms with Crippen LogP contribution in [0.25, 0.3) is 0 Å². The van der Waals surface area contributed by atoms with Crippen LogP contribution in [0.3, 0.4) is 0 Å². The number of alkyl halides is 1. The second kappa shape index (κ2) is 5.29. The molecule has 7 nitrogen and oxygen atoms in total. The highest BCUT2D eigenvalue weighted by Crippen LogP contribution is 2.62. The van der Waals surface area contributed by atoms with E-state index in [-0.39, 0.29) is 6.10 Å². The summed E-state index contributed by atoms with van der Waals surface area (Å²) in [6, 6.07) is 0. The van der Waals surface area contributed by atoms with Crippen molar-refractivity contribution in [2.75, 3.05) is 6.61 Å². The van der Waals surface area contributed by atoms with Crippen molar-refractivity contribution in [1.29, 1.82) is 0 Å². The van der Waals surface area contributed by atoms with Gasteiger partial charge in [-0.2, -0.15) is 4.42 Å². The first-order chi connectivity index (χ1) is 10.6. The van der Waals surface area contributed by atoms with E-state index in [0.717, 1.165) is 6.92 Å². The molecular formula is C14H19BrClNO6. The molecule has 0 bridgehead atoms. The van der Waals surface area contributed by atoms with Crippen LogP contribution in [0.15, 0.2) is 0 Å². The first-order valence-electron chi connectivity index (χ1n) is 7.44. The number of halogens is 2. The number of hydrogen-bond acceptors (Lipinski definition) is 6. The first kappa shape index (κ1) is 17.4. The Hall–Kier alpha value is -0.410. The van der Waals surface area contributed by atoms with Crippen LogP contribution in [-0.2, 0) is 19.0 Å². The molecule has 2 aliphatic heterocycles. The lowest BCUT2D eigenvalue weighted by molar-refractivity contribution is -0.136. The highest BCUT2D eigenvalue weighted by Gasteiger charge is 2.80. The number of rotatable bonds is 2. The maximum absolute atomic E-state index is 11.9. The molecule has 0 aromatic carbocycles. The third-order valence-electron chi connectivity index (χ3n) is 5.33. The molecule has 1 aliphatic carbocycles. The minimum Gasteiger partial charge on any atom is -0.444 e. The van der Waals surface area contributed by atoms with Crippen LogP contribution in [0.1, 0.15) is 33.6 Å². The maximum Gasteiger partial charge on any atom is 0.432 e. The van der Waals surface area contributed by atoms with Crippen LogP contribution in [0, 0.1) is 0 Å². The molecule has 0 aromatic rings. The van der Waals surface area contributed by atoms with Crippen molar-refractivity contribution in [3.63, 3.8) is 0 Å². The Kier molecular flexibility index (Phi) is 4.01. The quantitative estimate of drug-likeness (QED) is 0.422. The van der Waals surface area contributed by atoms with Crippen molar-refractivity contribution in [2.45, 2.75) is 67.5 Å². The van der Waals surface area contributed by atoms with Crippen molar-refractivity contribution >= 4 is 39.7 Å². The minimum absolute atomic E-state index is 0.134. The van der Waals surface area contributed by atoms with Gasteiger partial charge in [0.2, 0.25) is 5.91 Å². The minimum atomic E-state index is -1.35. The van der Waals surface area contributed by atoms with Crippen LogP contribution in [-0.4, -0.2) is 62.0 Å². The summed E-state index contributed by atoms with van der Waals surface area (Å²) < 4.78 is 16.9. The number of carbonyl (C=O) groups excluding carboxylic acids is 2. The zero-order valence-corrected chi connectivity index (χ0v) is 15.4. The summed E-state index contributed by atoms with van der Waals surface area (Å²) in [5.74, 6) is -0.637. The molecule has 130 valence electrons. The summed E-state index contributed by atoms with van der Waals surface area (Å²) >= 11 is 9.06. The molecule has 9 heteroatoms. The Morgan fingerprint density at radius 2 is 2.04 bits per heavy atom. The van der Waals surface area contributed by atoms with Gasteiger partial charge in [-0.15, -0.1) is 0 Å². The number of hydrogen-bond donors (Lipinski definition) is 1. The second-order valence-corrected chi connectivity index (χ2v) is 7.90. The molecular weight excluding hydrogens is 394 g/mol. The van der Waals surface area contributed by atoms with Crippen molar-refractivity contribution in [3.05, 3.63) is 0 Å². The van der Waals surface area contributed by atoms with Gasteiger partial charge in [0.15, 0.2) is 0 Å². The lowest BCUT2D eigenvalue weighted by Crippen LogP contribution is -2.68. The average molecular weight is 413 g/mol. The molecule has 3 rings (SSSR count). The molecule has 1 spiro atoms. The third kappa shape index (κ3) is 2.33. The largest absolute Gasteiger partial charge is 0.444 e. The Morgan fingerprint density at radius 1 is 1.48 bits per heavy atom. The molecule has 0 radical (unpaired) electrons. The third-order valence-corrected chi connectivity index (χ3v) is 6.96. The van der Waals surface area contributed by atoms with E-state index in [1.54, 1.807) is 0 Å². The maximum atomic E-state index is 11.9. The van der Waals surface area contributed by atoms with Gasteiger partial charge in [0.05, 0.1) is 17.5 Å². The summed E-state index contributed by atoms with van der Waals surface area (Å²) in [4.78, 5) is 22.4. The smallest absolute Gasteiger partial charge is 0.432 e. The zero-order valence-electron chi connectivity index (χ0n) is 13.0. The highest BCUT2D eigenvalue weighted by molar-refractivity contribution is 9.09. The van der Waals surface area contributed by atoms with Gasteiger partial charge in [0, 0.05) is 18.7 Å². The lowest BCUT2D eigenvalue weighted by atomic mass is 9.66. The number of nitrogens with zero attached hydrogens (tertiary/aromatic N) is 1. The SMILES string of the molecule is CC(=O)N(Cl)C(=O)O[C@@H]1CC[C@]2(CO2)[C@@](O)(C2(C)OC2C)[C@@H]1Br. The van der Waals surface area contributed by atoms with E-state index in [0.29, 0.717) is 23.9 Å². The van der Waals surface area contributed by atoms with Crippen LogP contribution in [0.5, 0.6) is 0 Å². The molecule has 3 fully saturated rings. The summed E-state index contributed by atoms with van der Waals surface area (Å²) in [7, 11) is 0. The summed E-state index contributed by atoms with van der Waals surface area (Å²) in [6.07, 6.45) is -0.742. The van der Waals surface area contributed by atoms with Gasteiger partial charge >= 0.3 is 6.09 Å². The van der Waals surface area contributed by atoms with E-state index in [9.17, 15) is 14.7 Å².